The number of nitrogens with one attached hydrogen (secondary N) is 1. The van der Waals surface area contributed by atoms with E-state index < -0.39 is 56.7 Å². The number of alkyl halides is 2. The smallest absolute Gasteiger partial charge is 0.351 e. The van der Waals surface area contributed by atoms with Gasteiger partial charge < -0.3 is 33.3 Å². The number of benzene rings is 4. The Labute approximate surface area is 361 Å². The highest BCUT2D eigenvalue weighted by atomic mass is 31.2. The first-order valence-electron chi connectivity index (χ1n) is 20.1. The number of methoxy groups -OCH3 is 2. The van der Waals surface area contributed by atoms with Crippen LogP contribution in [0.25, 0.3) is 0 Å². The Bertz CT molecular complexity index is 2280. The maximum atomic E-state index is 17.4. The molecule has 1 amide bonds. The average Bonchev–Trinajstić information content (AvgIpc) is 3.52. The summed E-state index contributed by atoms with van der Waals surface area (Å²) in [6, 6.07) is 34.9. The monoisotopic (exact) mass is 869 g/mol. The van der Waals surface area contributed by atoms with E-state index in [1.54, 1.807) is 68.8 Å². The third-order valence-corrected chi connectivity index (χ3v) is 12.3. The Kier molecular flexibility index (Phi) is 15.2. The molecule has 0 aliphatic carbocycles. The van der Waals surface area contributed by atoms with Crippen LogP contribution in [0.1, 0.15) is 67.4 Å². The van der Waals surface area contributed by atoms with Gasteiger partial charge in [-0.05, 0) is 86.8 Å². The molecule has 1 fully saturated rings. The first-order valence-corrected chi connectivity index (χ1v) is 21.2. The maximum Gasteiger partial charge on any atom is 0.351 e. The van der Waals surface area contributed by atoms with Gasteiger partial charge in [0.15, 0.2) is 6.10 Å². The van der Waals surface area contributed by atoms with Crippen molar-refractivity contribution in [2.45, 2.75) is 76.2 Å². The van der Waals surface area contributed by atoms with E-state index in [0.717, 1.165) is 6.20 Å². The molecule has 1 N–H and O–H groups in total. The number of carbonyl (C=O) groups excluding carboxylic acids is 1. The predicted molar refractivity (Wildman–Crippen MR) is 230 cm³/mol. The maximum absolute atomic E-state index is 17.4. The molecule has 1 aliphatic rings. The van der Waals surface area contributed by atoms with Gasteiger partial charge in [0.1, 0.15) is 29.0 Å². The van der Waals surface area contributed by atoms with Crippen molar-refractivity contribution >= 4 is 20.3 Å². The standard InChI is InChI=1S/C46H50F2N5O8P/c1-31(2)53(32(3)4)62(59-29-13-27-49)61-41-39(60-43(46(41,47)48)52-28-26-40(51-44(52)55)50-42(54)33-14-9-7-10-15-33)30-58-45(34-16-11-8-12-17-34,35-18-22-37(56-5)23-19-35)36-20-24-38(57-6)25-21-36/h7-12,14-26,28,31-32,39,41,43H,13,29-30H2,1-6H3,(H,50,51,54,55)/t39-,41?,43-,62?/m1/s1. The largest absolute Gasteiger partial charge is 0.497 e. The van der Waals surface area contributed by atoms with Crippen molar-refractivity contribution in [3.05, 3.63) is 154 Å². The van der Waals surface area contributed by atoms with Crippen LogP contribution in [0.15, 0.2) is 126 Å². The van der Waals surface area contributed by atoms with Crippen molar-refractivity contribution in [3.63, 3.8) is 0 Å². The van der Waals surface area contributed by atoms with E-state index in [1.165, 1.54) is 6.07 Å². The summed E-state index contributed by atoms with van der Waals surface area (Å²) in [6.07, 6.45) is -4.71. The zero-order chi connectivity index (χ0) is 44.4. The molecule has 0 bridgehead atoms. The minimum Gasteiger partial charge on any atom is -0.497 e. The van der Waals surface area contributed by atoms with Crippen molar-refractivity contribution in [3.8, 4) is 17.6 Å². The molecule has 2 unspecified atom stereocenters. The molecule has 6 rings (SSSR count). The van der Waals surface area contributed by atoms with E-state index in [4.69, 9.17) is 28.0 Å². The summed E-state index contributed by atoms with van der Waals surface area (Å²) in [5.74, 6) is -3.39. The molecule has 62 heavy (non-hydrogen) atoms. The second-order valence-corrected chi connectivity index (χ2v) is 16.3. The molecule has 2 heterocycles. The summed E-state index contributed by atoms with van der Waals surface area (Å²) < 4.78 is 74.0. The Morgan fingerprint density at radius 2 is 1.44 bits per heavy atom. The van der Waals surface area contributed by atoms with Gasteiger partial charge in [0.25, 0.3) is 14.4 Å². The number of rotatable bonds is 19. The van der Waals surface area contributed by atoms with E-state index in [9.17, 15) is 14.9 Å². The molecule has 13 nitrogen and oxygen atoms in total. The second-order valence-electron chi connectivity index (χ2n) is 14.9. The zero-order valence-electron chi connectivity index (χ0n) is 35.3. The van der Waals surface area contributed by atoms with Gasteiger partial charge in [-0.2, -0.15) is 19.0 Å². The summed E-state index contributed by atoms with van der Waals surface area (Å²) in [6.45, 7) is 7.00. The number of carbonyl (C=O) groups is 1. The molecule has 1 saturated heterocycles. The van der Waals surface area contributed by atoms with Crippen LogP contribution in [0.4, 0.5) is 14.6 Å². The fourth-order valence-corrected chi connectivity index (χ4v) is 9.12. The van der Waals surface area contributed by atoms with Crippen molar-refractivity contribution in [2.75, 3.05) is 32.8 Å². The molecule has 4 aromatic carbocycles. The number of nitrogens with zero attached hydrogens (tertiary/aromatic N) is 4. The molecule has 1 aliphatic heterocycles. The Hall–Kier alpha value is -5.59. The zero-order valence-corrected chi connectivity index (χ0v) is 36.2. The van der Waals surface area contributed by atoms with Gasteiger partial charge in [-0.25, -0.2) is 9.46 Å². The summed E-state index contributed by atoms with van der Waals surface area (Å²) >= 11 is 0. The number of hydrogen-bond acceptors (Lipinski definition) is 11. The van der Waals surface area contributed by atoms with Gasteiger partial charge in [0.2, 0.25) is 6.23 Å². The molecule has 5 aromatic rings. The van der Waals surface area contributed by atoms with Gasteiger partial charge in [-0.3, -0.25) is 9.36 Å². The van der Waals surface area contributed by atoms with Crippen molar-refractivity contribution in [1.29, 1.82) is 5.26 Å². The normalized spacial score (nSPS) is 17.8. The van der Waals surface area contributed by atoms with Gasteiger partial charge in [0.05, 0.1) is 39.9 Å². The third-order valence-electron chi connectivity index (χ3n) is 10.2. The van der Waals surface area contributed by atoms with Crippen molar-refractivity contribution in [2.24, 2.45) is 0 Å². The highest BCUT2D eigenvalue weighted by Crippen LogP contribution is 2.54. The van der Waals surface area contributed by atoms with Crippen LogP contribution >= 0.6 is 8.53 Å². The Morgan fingerprint density at radius 1 is 0.887 bits per heavy atom. The topological polar surface area (TPSA) is 146 Å². The first kappa shape index (κ1) is 45.9. The second kappa shape index (κ2) is 20.5. The summed E-state index contributed by atoms with van der Waals surface area (Å²) in [5.41, 5.74) is -0.239. The number of hydrogen-bond donors (Lipinski definition) is 1. The van der Waals surface area contributed by atoms with Crippen LogP contribution in [0.3, 0.4) is 0 Å². The van der Waals surface area contributed by atoms with Crippen LogP contribution in [-0.4, -0.2) is 77.8 Å². The van der Waals surface area contributed by atoms with E-state index >= 15 is 8.78 Å². The highest BCUT2D eigenvalue weighted by Gasteiger charge is 2.63. The molecule has 0 radical (unpaired) electrons. The first-order chi connectivity index (χ1) is 29.8. The van der Waals surface area contributed by atoms with Crippen LogP contribution < -0.4 is 20.5 Å². The SMILES string of the molecule is COc1ccc(C(OC[C@H]2O[C@@H](n3ccc(NC(=O)c4ccccc4)nc3=O)C(F)(F)C2OP(OCCC#N)N(C(C)C)C(C)C)(c2ccccc2)c2ccc(OC)cc2)cc1. The number of anilines is 1. The lowest BCUT2D eigenvalue weighted by Gasteiger charge is -2.39. The third kappa shape index (κ3) is 10.0. The lowest BCUT2D eigenvalue weighted by atomic mass is 9.80. The summed E-state index contributed by atoms with van der Waals surface area (Å²) in [7, 11) is 0.877. The fourth-order valence-electron chi connectivity index (χ4n) is 7.34. The highest BCUT2D eigenvalue weighted by molar-refractivity contribution is 7.44. The van der Waals surface area contributed by atoms with E-state index in [1.807, 2.05) is 93.0 Å². The van der Waals surface area contributed by atoms with E-state index in [2.05, 4.69) is 10.3 Å². The number of halogens is 2. The summed E-state index contributed by atoms with van der Waals surface area (Å²) in [5, 5.41) is 11.9. The van der Waals surface area contributed by atoms with E-state index in [-0.39, 0.29) is 30.9 Å². The van der Waals surface area contributed by atoms with Crippen LogP contribution in [0.5, 0.6) is 11.5 Å². The molecule has 16 heteroatoms. The minimum atomic E-state index is -3.90. The van der Waals surface area contributed by atoms with Crippen LogP contribution in [0.2, 0.25) is 0 Å². The van der Waals surface area contributed by atoms with Crippen molar-refractivity contribution in [1.82, 2.24) is 14.2 Å². The fraction of sp³-hybridized carbons (Fsp3) is 0.348. The molecule has 0 spiro atoms. The number of nitriles is 1. The molecule has 4 atom stereocenters. The van der Waals surface area contributed by atoms with Crippen LogP contribution in [-0.2, 0) is 24.1 Å². The lowest BCUT2D eigenvalue weighted by molar-refractivity contribution is -0.138. The van der Waals surface area contributed by atoms with Gasteiger partial charge in [-0.1, -0.05) is 72.8 Å². The minimum absolute atomic E-state index is 0.00348. The number of amides is 1. The van der Waals surface area contributed by atoms with Gasteiger partial charge in [0, 0.05) is 23.8 Å². The average molecular weight is 870 g/mol. The van der Waals surface area contributed by atoms with Gasteiger partial charge >= 0.3 is 11.6 Å². The lowest BCUT2D eigenvalue weighted by Crippen LogP contribution is -2.45. The van der Waals surface area contributed by atoms with Gasteiger partial charge in [-0.15, -0.1) is 0 Å². The van der Waals surface area contributed by atoms with Crippen LogP contribution in [0, 0.1) is 11.3 Å². The molecule has 326 valence electrons. The number of ether oxygens (including phenoxy) is 4. The summed E-state index contributed by atoms with van der Waals surface area (Å²) in [4.78, 5) is 30.4. The van der Waals surface area contributed by atoms with E-state index in [0.29, 0.717) is 38.3 Å². The Morgan fingerprint density at radius 3 is 1.95 bits per heavy atom. The molecule has 1 aromatic heterocycles. The molecular weight excluding hydrogens is 820 g/mol. The predicted octanol–water partition coefficient (Wildman–Crippen LogP) is 8.72. The van der Waals surface area contributed by atoms with Crippen molar-refractivity contribution < 1.29 is 41.6 Å². The molecule has 0 saturated carbocycles. The number of aromatic nitrogens is 2. The Balaban J connectivity index is 1.44. The quantitative estimate of drug-likeness (QED) is 0.0483. The molecular formula is C46H50F2N5O8P.